The van der Waals surface area contributed by atoms with Crippen molar-refractivity contribution >= 4 is 33.6 Å². The van der Waals surface area contributed by atoms with E-state index in [1.165, 1.54) is 0 Å². The highest BCUT2D eigenvalue weighted by Crippen LogP contribution is 2.42. The van der Waals surface area contributed by atoms with Gasteiger partial charge in [0.15, 0.2) is 0 Å². The molecule has 0 heterocycles. The molecule has 0 bridgehead atoms. The van der Waals surface area contributed by atoms with Crippen LogP contribution >= 0.6 is 0 Å². The SMILES string of the molecule is C=C(C)C(=O)OCCOCCNC(=O)Oc1c2ccccc2c(OCCOC)c2ccccc12. The highest BCUT2D eigenvalue weighted by molar-refractivity contribution is 6.11. The van der Waals surface area contributed by atoms with Gasteiger partial charge in [0.2, 0.25) is 0 Å². The Morgan fingerprint density at radius 2 is 1.41 bits per heavy atom. The van der Waals surface area contributed by atoms with Gasteiger partial charge in [-0.15, -0.1) is 0 Å². The molecule has 1 N–H and O–H groups in total. The van der Waals surface area contributed by atoms with Crippen LogP contribution in [0.5, 0.6) is 11.5 Å². The molecule has 8 heteroatoms. The zero-order valence-corrected chi connectivity index (χ0v) is 19.4. The summed E-state index contributed by atoms with van der Waals surface area (Å²) in [6.07, 6.45) is -0.597. The monoisotopic (exact) mass is 467 g/mol. The molecule has 0 atom stereocenters. The number of nitrogens with one attached hydrogen (secondary N) is 1. The molecule has 0 aromatic heterocycles. The normalized spacial score (nSPS) is 10.8. The van der Waals surface area contributed by atoms with Crippen LogP contribution in [0.2, 0.25) is 0 Å². The molecule has 0 fully saturated rings. The van der Waals surface area contributed by atoms with Crippen molar-refractivity contribution < 1.29 is 33.3 Å². The van der Waals surface area contributed by atoms with Gasteiger partial charge in [-0.1, -0.05) is 55.1 Å². The second kappa shape index (κ2) is 12.6. The van der Waals surface area contributed by atoms with Crippen molar-refractivity contribution in [3.8, 4) is 11.5 Å². The Bertz CT molecular complexity index is 1100. The van der Waals surface area contributed by atoms with E-state index in [0.29, 0.717) is 24.5 Å². The molecule has 0 aliphatic rings. The Labute approximate surface area is 198 Å². The number of ether oxygens (including phenoxy) is 5. The number of fused-ring (bicyclic) bond motifs is 2. The zero-order chi connectivity index (χ0) is 24.3. The van der Waals surface area contributed by atoms with E-state index in [2.05, 4.69) is 11.9 Å². The predicted octanol–water partition coefficient (Wildman–Crippen LogP) is 4.24. The molecule has 0 aliphatic heterocycles. The van der Waals surface area contributed by atoms with Crippen LogP contribution in [0.4, 0.5) is 4.79 Å². The van der Waals surface area contributed by atoms with Gasteiger partial charge in [-0.2, -0.15) is 0 Å². The quantitative estimate of drug-likeness (QED) is 0.184. The summed E-state index contributed by atoms with van der Waals surface area (Å²) in [7, 11) is 1.62. The van der Waals surface area contributed by atoms with Gasteiger partial charge in [-0.05, 0) is 6.92 Å². The smallest absolute Gasteiger partial charge is 0.412 e. The fourth-order valence-corrected chi connectivity index (χ4v) is 3.31. The third kappa shape index (κ3) is 6.46. The van der Waals surface area contributed by atoms with E-state index in [4.69, 9.17) is 23.7 Å². The van der Waals surface area contributed by atoms with Gasteiger partial charge in [0.05, 0.1) is 19.8 Å². The van der Waals surface area contributed by atoms with Crippen molar-refractivity contribution in [1.82, 2.24) is 5.32 Å². The Hall–Kier alpha value is -3.62. The Balaban J connectivity index is 1.66. The first-order valence-electron chi connectivity index (χ1n) is 10.9. The molecule has 3 aromatic carbocycles. The van der Waals surface area contributed by atoms with E-state index in [0.717, 1.165) is 27.3 Å². The van der Waals surface area contributed by atoms with Crippen LogP contribution < -0.4 is 14.8 Å². The minimum Gasteiger partial charge on any atom is -0.490 e. The van der Waals surface area contributed by atoms with Gasteiger partial charge >= 0.3 is 12.1 Å². The summed E-state index contributed by atoms with van der Waals surface area (Å²) in [5.41, 5.74) is 0.332. The van der Waals surface area contributed by atoms with Crippen molar-refractivity contribution in [1.29, 1.82) is 0 Å². The molecule has 0 saturated carbocycles. The lowest BCUT2D eigenvalue weighted by Gasteiger charge is -2.17. The number of amides is 1. The molecule has 0 unspecified atom stereocenters. The molecule has 180 valence electrons. The van der Waals surface area contributed by atoms with Crippen molar-refractivity contribution in [2.24, 2.45) is 0 Å². The first-order chi connectivity index (χ1) is 16.5. The van der Waals surface area contributed by atoms with E-state index in [1.54, 1.807) is 14.0 Å². The lowest BCUT2D eigenvalue weighted by Crippen LogP contribution is -2.30. The highest BCUT2D eigenvalue weighted by Gasteiger charge is 2.18. The van der Waals surface area contributed by atoms with Crippen molar-refractivity contribution in [2.75, 3.05) is 46.7 Å². The van der Waals surface area contributed by atoms with Gasteiger partial charge in [-0.25, -0.2) is 9.59 Å². The van der Waals surface area contributed by atoms with E-state index < -0.39 is 12.1 Å². The van der Waals surface area contributed by atoms with Crippen LogP contribution in [0.15, 0.2) is 60.7 Å². The second-order valence-electron chi connectivity index (χ2n) is 7.44. The molecule has 3 aromatic rings. The fourth-order valence-electron chi connectivity index (χ4n) is 3.31. The molecule has 3 rings (SSSR count). The summed E-state index contributed by atoms with van der Waals surface area (Å²) >= 11 is 0. The number of hydrogen-bond acceptors (Lipinski definition) is 7. The maximum Gasteiger partial charge on any atom is 0.412 e. The van der Waals surface area contributed by atoms with Crippen LogP contribution in [-0.4, -0.2) is 58.8 Å². The van der Waals surface area contributed by atoms with Crippen LogP contribution in [0.1, 0.15) is 6.92 Å². The Kier molecular flexibility index (Phi) is 9.25. The first kappa shape index (κ1) is 25.0. The van der Waals surface area contributed by atoms with E-state index >= 15 is 0 Å². The highest BCUT2D eigenvalue weighted by atomic mass is 16.6. The number of methoxy groups -OCH3 is 1. The van der Waals surface area contributed by atoms with Crippen LogP contribution in [0.25, 0.3) is 21.5 Å². The third-order valence-corrected chi connectivity index (χ3v) is 4.89. The largest absolute Gasteiger partial charge is 0.490 e. The zero-order valence-electron chi connectivity index (χ0n) is 19.4. The topological polar surface area (TPSA) is 92.3 Å². The average molecular weight is 468 g/mol. The van der Waals surface area contributed by atoms with Crippen molar-refractivity contribution in [3.63, 3.8) is 0 Å². The molecule has 1 amide bonds. The lowest BCUT2D eigenvalue weighted by molar-refractivity contribution is -0.140. The molecule has 0 radical (unpaired) electrons. The Morgan fingerprint density at radius 3 is 1.97 bits per heavy atom. The van der Waals surface area contributed by atoms with E-state index in [9.17, 15) is 9.59 Å². The summed E-state index contributed by atoms with van der Waals surface area (Å²) < 4.78 is 27.2. The Morgan fingerprint density at radius 1 is 0.824 bits per heavy atom. The van der Waals surface area contributed by atoms with Crippen LogP contribution in [0.3, 0.4) is 0 Å². The molecular formula is C26H29NO7. The summed E-state index contributed by atoms with van der Waals surface area (Å²) in [6.45, 7) is 6.76. The number of benzene rings is 3. The minimum absolute atomic E-state index is 0.118. The fraction of sp³-hybridized carbons (Fsp3) is 0.308. The maximum absolute atomic E-state index is 12.5. The molecule has 8 nitrogen and oxygen atoms in total. The summed E-state index contributed by atoms with van der Waals surface area (Å²) in [4.78, 5) is 23.8. The molecule has 0 aliphatic carbocycles. The summed E-state index contributed by atoms with van der Waals surface area (Å²) in [6, 6.07) is 15.2. The maximum atomic E-state index is 12.5. The van der Waals surface area contributed by atoms with Crippen LogP contribution in [0, 0.1) is 0 Å². The third-order valence-electron chi connectivity index (χ3n) is 4.89. The summed E-state index contributed by atoms with van der Waals surface area (Å²) in [5.74, 6) is 0.715. The average Bonchev–Trinajstić information content (AvgIpc) is 2.84. The van der Waals surface area contributed by atoms with Gasteiger partial charge < -0.3 is 29.0 Å². The summed E-state index contributed by atoms with van der Waals surface area (Å²) in [5, 5.41) is 5.89. The lowest BCUT2D eigenvalue weighted by atomic mass is 10.0. The first-order valence-corrected chi connectivity index (χ1v) is 10.9. The number of hydrogen-bond donors (Lipinski definition) is 1. The van der Waals surface area contributed by atoms with Gasteiger partial charge in [0.1, 0.15) is 24.7 Å². The molecule has 0 saturated heterocycles. The molecular weight excluding hydrogens is 438 g/mol. The van der Waals surface area contributed by atoms with Crippen molar-refractivity contribution in [3.05, 3.63) is 60.7 Å². The molecule has 34 heavy (non-hydrogen) atoms. The standard InChI is InChI=1S/C26H29NO7/c1-18(2)25(28)33-17-15-31-13-12-27-26(29)34-24-21-10-6-4-8-19(21)23(32-16-14-30-3)20-9-5-7-11-22(20)24/h4-11H,1,12-17H2,2-3H3,(H,27,29). The number of carbonyl (C=O) groups is 2. The van der Waals surface area contributed by atoms with E-state index in [-0.39, 0.29) is 26.4 Å². The van der Waals surface area contributed by atoms with Gasteiger partial charge in [-0.3, -0.25) is 0 Å². The van der Waals surface area contributed by atoms with Gasteiger partial charge in [0, 0.05) is 40.8 Å². The van der Waals surface area contributed by atoms with Gasteiger partial charge in [0.25, 0.3) is 0 Å². The predicted molar refractivity (Wildman–Crippen MR) is 129 cm³/mol. The van der Waals surface area contributed by atoms with Crippen molar-refractivity contribution in [2.45, 2.75) is 6.92 Å². The molecule has 0 spiro atoms. The van der Waals surface area contributed by atoms with E-state index in [1.807, 2.05) is 48.5 Å². The minimum atomic E-state index is -0.597. The second-order valence-corrected chi connectivity index (χ2v) is 7.44. The number of rotatable bonds is 12. The number of carbonyl (C=O) groups excluding carboxylic acids is 2. The number of esters is 1. The van der Waals surface area contributed by atoms with Crippen LogP contribution in [-0.2, 0) is 19.0 Å².